The van der Waals surface area contributed by atoms with Gasteiger partial charge >= 0.3 is 0 Å². The van der Waals surface area contributed by atoms with Crippen LogP contribution in [0.4, 0.5) is 4.39 Å². The Kier molecular flexibility index (Phi) is 4.97. The Morgan fingerprint density at radius 1 is 1.10 bits per heavy atom. The van der Waals surface area contributed by atoms with E-state index in [2.05, 4.69) is 13.0 Å². The van der Waals surface area contributed by atoms with Crippen molar-refractivity contribution in [2.45, 2.75) is 39.7 Å². The third-order valence-corrected chi connectivity index (χ3v) is 3.62. The molecule has 1 unspecified atom stereocenters. The highest BCUT2D eigenvalue weighted by Gasteiger charge is 2.07. The summed E-state index contributed by atoms with van der Waals surface area (Å²) in [6, 6.07) is 11.0. The minimum absolute atomic E-state index is 0.191. The zero-order valence-corrected chi connectivity index (χ0v) is 12.8. The Morgan fingerprint density at radius 2 is 1.86 bits per heavy atom. The molecule has 0 amide bonds. The van der Waals surface area contributed by atoms with Crippen LogP contribution in [0.5, 0.6) is 11.5 Å². The van der Waals surface area contributed by atoms with Crippen molar-refractivity contribution >= 4 is 0 Å². The molecule has 0 saturated heterocycles. The number of hydrogen-bond donors (Lipinski definition) is 1. The monoisotopic (exact) mass is 287 g/mol. The largest absolute Gasteiger partial charge is 0.457 e. The van der Waals surface area contributed by atoms with Crippen LogP contribution in [-0.4, -0.2) is 6.04 Å². The first-order valence-electron chi connectivity index (χ1n) is 7.28. The highest BCUT2D eigenvalue weighted by atomic mass is 19.1. The van der Waals surface area contributed by atoms with Gasteiger partial charge < -0.3 is 10.5 Å². The topological polar surface area (TPSA) is 35.2 Å². The van der Waals surface area contributed by atoms with Gasteiger partial charge in [0.05, 0.1) is 0 Å². The van der Waals surface area contributed by atoms with Gasteiger partial charge in [-0.15, -0.1) is 0 Å². The lowest BCUT2D eigenvalue weighted by molar-refractivity contribution is 0.475. The van der Waals surface area contributed by atoms with Gasteiger partial charge in [0.25, 0.3) is 0 Å². The van der Waals surface area contributed by atoms with Gasteiger partial charge in [-0.05, 0) is 67.6 Å². The quantitative estimate of drug-likeness (QED) is 0.877. The third kappa shape index (κ3) is 4.05. The number of ether oxygens (including phenoxy) is 1. The molecule has 2 aromatic rings. The molecule has 0 aromatic heterocycles. The molecule has 2 nitrogen and oxygen atoms in total. The minimum atomic E-state index is -0.219. The second-order valence-electron chi connectivity index (χ2n) is 5.49. The van der Waals surface area contributed by atoms with Crippen molar-refractivity contribution in [1.29, 1.82) is 0 Å². The molecule has 112 valence electrons. The van der Waals surface area contributed by atoms with Gasteiger partial charge in [-0.2, -0.15) is 0 Å². The van der Waals surface area contributed by atoms with E-state index in [1.165, 1.54) is 11.6 Å². The van der Waals surface area contributed by atoms with E-state index in [0.29, 0.717) is 11.3 Å². The molecule has 2 N–H and O–H groups in total. The average Bonchev–Trinajstić information content (AvgIpc) is 2.45. The maximum Gasteiger partial charge on any atom is 0.130 e. The fourth-order valence-electron chi connectivity index (χ4n) is 2.21. The van der Waals surface area contributed by atoms with Crippen LogP contribution in [0, 0.1) is 19.7 Å². The fraction of sp³-hybridized carbons (Fsp3) is 0.333. The van der Waals surface area contributed by atoms with Crippen LogP contribution in [0.2, 0.25) is 0 Å². The Bertz CT molecular complexity index is 625. The van der Waals surface area contributed by atoms with Crippen LogP contribution in [0.1, 0.15) is 30.0 Å². The number of aryl methyl sites for hydroxylation is 2. The summed E-state index contributed by atoms with van der Waals surface area (Å²) in [6.07, 6.45) is 1.83. The van der Waals surface area contributed by atoms with Gasteiger partial charge in [0, 0.05) is 6.04 Å². The van der Waals surface area contributed by atoms with Crippen molar-refractivity contribution in [2.75, 3.05) is 0 Å². The van der Waals surface area contributed by atoms with Crippen molar-refractivity contribution in [1.82, 2.24) is 0 Å². The lowest BCUT2D eigenvalue weighted by Crippen LogP contribution is -2.21. The minimum Gasteiger partial charge on any atom is -0.457 e. The molecular formula is C18H22FNO. The van der Waals surface area contributed by atoms with Crippen molar-refractivity contribution in [2.24, 2.45) is 5.73 Å². The number of nitrogens with two attached hydrogens (primary N) is 1. The number of halogens is 1. The maximum absolute atomic E-state index is 13.3. The van der Waals surface area contributed by atoms with Crippen molar-refractivity contribution in [3.8, 4) is 11.5 Å². The van der Waals surface area contributed by atoms with Crippen LogP contribution in [0.25, 0.3) is 0 Å². The molecule has 2 rings (SSSR count). The van der Waals surface area contributed by atoms with E-state index >= 15 is 0 Å². The first-order chi connectivity index (χ1) is 9.99. The molecule has 0 radical (unpaired) electrons. The first-order valence-corrected chi connectivity index (χ1v) is 7.28. The van der Waals surface area contributed by atoms with Crippen molar-refractivity contribution < 1.29 is 9.13 Å². The van der Waals surface area contributed by atoms with Gasteiger partial charge in [-0.3, -0.25) is 0 Å². The van der Waals surface area contributed by atoms with E-state index in [4.69, 9.17) is 10.5 Å². The van der Waals surface area contributed by atoms with Crippen LogP contribution in [0.15, 0.2) is 36.4 Å². The molecular weight excluding hydrogens is 265 g/mol. The van der Waals surface area contributed by atoms with E-state index in [1.807, 2.05) is 19.1 Å². The number of benzene rings is 2. The first kappa shape index (κ1) is 15.5. The lowest BCUT2D eigenvalue weighted by Gasteiger charge is -2.13. The van der Waals surface area contributed by atoms with E-state index in [9.17, 15) is 4.39 Å². The molecule has 0 aliphatic rings. The SMILES string of the molecule is CCC(N)Cc1ccc(Oc2ccc(F)c(C)c2)c(C)c1. The normalized spacial score (nSPS) is 12.2. The molecule has 21 heavy (non-hydrogen) atoms. The summed E-state index contributed by atoms with van der Waals surface area (Å²) in [5, 5.41) is 0. The Hall–Kier alpha value is -1.87. The Labute approximate surface area is 125 Å². The standard InChI is InChI=1S/C18H22FNO/c1-4-15(20)11-14-5-8-18(13(3)9-14)21-16-6-7-17(19)12(2)10-16/h5-10,15H,4,11,20H2,1-3H3. The van der Waals surface area contributed by atoms with Crippen molar-refractivity contribution in [3.63, 3.8) is 0 Å². The molecule has 0 aliphatic carbocycles. The van der Waals surface area contributed by atoms with Gasteiger partial charge in [0.2, 0.25) is 0 Å². The van der Waals surface area contributed by atoms with Crippen LogP contribution < -0.4 is 10.5 Å². The number of hydrogen-bond acceptors (Lipinski definition) is 2. The predicted molar refractivity (Wildman–Crippen MR) is 84.4 cm³/mol. The Morgan fingerprint density at radius 3 is 2.48 bits per heavy atom. The van der Waals surface area contributed by atoms with E-state index in [1.54, 1.807) is 19.1 Å². The van der Waals surface area contributed by atoms with Crippen LogP contribution >= 0.6 is 0 Å². The third-order valence-electron chi connectivity index (χ3n) is 3.62. The molecule has 0 saturated carbocycles. The fourth-order valence-corrected chi connectivity index (χ4v) is 2.21. The second-order valence-corrected chi connectivity index (χ2v) is 5.49. The maximum atomic E-state index is 13.3. The summed E-state index contributed by atoms with van der Waals surface area (Å²) in [4.78, 5) is 0. The summed E-state index contributed by atoms with van der Waals surface area (Å²) in [6.45, 7) is 5.82. The summed E-state index contributed by atoms with van der Waals surface area (Å²) in [5.74, 6) is 1.22. The molecule has 0 fully saturated rings. The van der Waals surface area contributed by atoms with Gasteiger partial charge in [-0.25, -0.2) is 4.39 Å². The van der Waals surface area contributed by atoms with E-state index < -0.39 is 0 Å². The average molecular weight is 287 g/mol. The number of rotatable bonds is 5. The molecule has 2 aromatic carbocycles. The molecule has 1 atom stereocenters. The van der Waals surface area contributed by atoms with Gasteiger partial charge in [-0.1, -0.05) is 19.1 Å². The zero-order chi connectivity index (χ0) is 15.4. The second kappa shape index (κ2) is 6.72. The van der Waals surface area contributed by atoms with Crippen molar-refractivity contribution in [3.05, 3.63) is 58.9 Å². The van der Waals surface area contributed by atoms with Crippen LogP contribution in [0.3, 0.4) is 0 Å². The van der Waals surface area contributed by atoms with Gasteiger partial charge in [0.15, 0.2) is 0 Å². The van der Waals surface area contributed by atoms with Gasteiger partial charge in [0.1, 0.15) is 17.3 Å². The molecule has 3 heteroatoms. The van der Waals surface area contributed by atoms with E-state index in [-0.39, 0.29) is 11.9 Å². The molecule has 0 aliphatic heterocycles. The Balaban J connectivity index is 2.15. The highest BCUT2D eigenvalue weighted by Crippen LogP contribution is 2.27. The summed E-state index contributed by atoms with van der Waals surface area (Å²) in [5.41, 5.74) is 8.83. The lowest BCUT2D eigenvalue weighted by atomic mass is 10.0. The summed E-state index contributed by atoms with van der Waals surface area (Å²) >= 11 is 0. The molecule has 0 bridgehead atoms. The molecule has 0 spiro atoms. The van der Waals surface area contributed by atoms with Crippen LogP contribution in [-0.2, 0) is 6.42 Å². The van der Waals surface area contributed by atoms with E-state index in [0.717, 1.165) is 24.2 Å². The zero-order valence-electron chi connectivity index (χ0n) is 12.8. The smallest absolute Gasteiger partial charge is 0.130 e. The highest BCUT2D eigenvalue weighted by molar-refractivity contribution is 5.40. The summed E-state index contributed by atoms with van der Waals surface area (Å²) < 4.78 is 19.1. The predicted octanol–water partition coefficient (Wildman–Crippen LogP) is 4.51. The molecule has 0 heterocycles. The summed E-state index contributed by atoms with van der Waals surface area (Å²) in [7, 11) is 0.